The van der Waals surface area contributed by atoms with Crippen LogP contribution in [0.15, 0.2) is 58.8 Å². The molecule has 7 heteroatoms. The van der Waals surface area contributed by atoms with Crippen molar-refractivity contribution in [1.82, 2.24) is 4.72 Å². The second-order valence-corrected chi connectivity index (χ2v) is 9.71. The normalized spacial score (nSPS) is 21.2. The molecule has 1 heterocycles. The van der Waals surface area contributed by atoms with Crippen molar-refractivity contribution < 1.29 is 17.6 Å². The summed E-state index contributed by atoms with van der Waals surface area (Å²) in [6.07, 6.45) is 3.85. The number of allylic oxidation sites excluding steroid dienone is 1. The lowest BCUT2D eigenvalue weighted by Crippen LogP contribution is -2.40. The number of sulfonamides is 1. The van der Waals surface area contributed by atoms with Crippen molar-refractivity contribution in [2.45, 2.75) is 56.3 Å². The number of hydrogen-bond acceptors (Lipinski definition) is 4. The van der Waals surface area contributed by atoms with Gasteiger partial charge in [-0.05, 0) is 49.1 Å². The summed E-state index contributed by atoms with van der Waals surface area (Å²) in [6.45, 7) is 4.17. The zero-order valence-corrected chi connectivity index (χ0v) is 17.9. The number of fused-ring (bicyclic) bond motifs is 2. The molecule has 0 aromatic heterocycles. The minimum Gasteiger partial charge on any atom is -0.340 e. The summed E-state index contributed by atoms with van der Waals surface area (Å²) in [5.74, 6) is -0.639. The van der Waals surface area contributed by atoms with Gasteiger partial charge in [-0.15, -0.1) is 0 Å². The molecule has 0 fully saturated rings. The van der Waals surface area contributed by atoms with Crippen molar-refractivity contribution in [3.63, 3.8) is 0 Å². The summed E-state index contributed by atoms with van der Waals surface area (Å²) in [7, 11) is -3.81. The van der Waals surface area contributed by atoms with E-state index >= 15 is 0 Å². The van der Waals surface area contributed by atoms with Gasteiger partial charge in [0.1, 0.15) is 16.5 Å². The van der Waals surface area contributed by atoms with Crippen molar-refractivity contribution in [1.29, 1.82) is 0 Å². The molecule has 158 valence electrons. The number of halogens is 1. The highest BCUT2D eigenvalue weighted by Gasteiger charge is 2.43. The van der Waals surface area contributed by atoms with E-state index in [-0.39, 0.29) is 21.9 Å². The van der Waals surface area contributed by atoms with Crippen molar-refractivity contribution in [2.24, 2.45) is 0 Å². The molecule has 0 unspecified atom stereocenters. The fourth-order valence-corrected chi connectivity index (χ4v) is 6.08. The van der Waals surface area contributed by atoms with E-state index in [4.69, 9.17) is 0 Å². The Morgan fingerprint density at radius 2 is 1.77 bits per heavy atom. The minimum atomic E-state index is -3.81. The molecule has 0 saturated heterocycles. The van der Waals surface area contributed by atoms with E-state index < -0.39 is 15.8 Å². The first-order valence-corrected chi connectivity index (χ1v) is 11.8. The summed E-state index contributed by atoms with van der Waals surface area (Å²) < 4.78 is 42.2. The molecule has 1 aliphatic carbocycles. The van der Waals surface area contributed by atoms with E-state index in [1.54, 1.807) is 24.3 Å². The first-order valence-electron chi connectivity index (χ1n) is 10.3. The van der Waals surface area contributed by atoms with Crippen molar-refractivity contribution in [3.8, 4) is 0 Å². The van der Waals surface area contributed by atoms with E-state index in [1.807, 2.05) is 0 Å². The van der Waals surface area contributed by atoms with Crippen LogP contribution in [0.25, 0.3) is 0 Å². The molecule has 30 heavy (non-hydrogen) atoms. The Kier molecular flexibility index (Phi) is 5.18. The van der Waals surface area contributed by atoms with Gasteiger partial charge < -0.3 is 5.32 Å². The number of benzene rings is 2. The highest BCUT2D eigenvalue weighted by molar-refractivity contribution is 7.89. The second kappa shape index (κ2) is 7.54. The highest BCUT2D eigenvalue weighted by Crippen LogP contribution is 2.47. The smallest absolute Gasteiger partial charge is 0.265 e. The average Bonchev–Trinajstić information content (AvgIpc) is 2.70. The average molecular weight is 429 g/mol. The first kappa shape index (κ1) is 20.6. The van der Waals surface area contributed by atoms with Gasteiger partial charge in [0.25, 0.3) is 10.0 Å². The maximum absolute atomic E-state index is 14.1. The molecule has 0 radical (unpaired) electrons. The summed E-state index contributed by atoms with van der Waals surface area (Å²) in [6, 6.07) is 11.0. The highest BCUT2D eigenvalue weighted by atomic mass is 32.2. The lowest BCUT2D eigenvalue weighted by atomic mass is 9.63. The largest absolute Gasteiger partial charge is 0.340 e. The number of ketones is 1. The Bertz CT molecular complexity index is 1150. The number of carbonyl (C=O) groups excluding carboxylic acids is 1. The van der Waals surface area contributed by atoms with Gasteiger partial charge in [0.05, 0.1) is 5.69 Å². The molecule has 2 aromatic rings. The summed E-state index contributed by atoms with van der Waals surface area (Å²) in [5.41, 5.74) is 1.63. The Morgan fingerprint density at radius 1 is 1.07 bits per heavy atom. The van der Waals surface area contributed by atoms with Crippen LogP contribution in [-0.4, -0.2) is 14.2 Å². The zero-order chi connectivity index (χ0) is 21.5. The number of Topliss-reactive ketones (excluding diaryl/α,β-unsaturated/α-hetero) is 1. The topological polar surface area (TPSA) is 75.3 Å². The molecule has 4 rings (SSSR count). The Balaban J connectivity index is 1.93. The van der Waals surface area contributed by atoms with Crippen LogP contribution in [0.5, 0.6) is 0 Å². The minimum absolute atomic E-state index is 0.137. The lowest BCUT2D eigenvalue weighted by molar-refractivity contribution is 0.100. The number of para-hydroxylation sites is 1. The van der Waals surface area contributed by atoms with E-state index in [1.165, 1.54) is 18.2 Å². The van der Waals surface area contributed by atoms with Crippen molar-refractivity contribution in [3.05, 3.63) is 70.8 Å². The summed E-state index contributed by atoms with van der Waals surface area (Å²) in [5, 5.41) is 3.09. The zero-order valence-electron chi connectivity index (χ0n) is 17.1. The molecule has 2 aromatic carbocycles. The van der Waals surface area contributed by atoms with Gasteiger partial charge in [-0.1, -0.05) is 44.9 Å². The standard InChI is InChI=1S/C23H25FN2O3S/c1-3-11-23(12-4-2)14-17(21(27)16-13-15(24)9-10-18(16)23)22-25-19-7-5-6-8-20(19)30(28,29)26-22/h5-10,13,25-26H,3-4,11-12,14H2,1-2H3. The molecular formula is C23H25FN2O3S. The number of carbonyl (C=O) groups is 1. The maximum atomic E-state index is 14.1. The van der Waals surface area contributed by atoms with Crippen LogP contribution in [0, 0.1) is 5.82 Å². The molecule has 2 aliphatic rings. The van der Waals surface area contributed by atoms with Crippen LogP contribution in [0.1, 0.15) is 61.9 Å². The Hall–Kier alpha value is -2.67. The van der Waals surface area contributed by atoms with Gasteiger partial charge in [-0.2, -0.15) is 0 Å². The molecule has 0 bridgehead atoms. The van der Waals surface area contributed by atoms with Crippen LogP contribution in [0.4, 0.5) is 10.1 Å². The second-order valence-electron chi connectivity index (χ2n) is 8.06. The van der Waals surface area contributed by atoms with Crippen LogP contribution < -0.4 is 10.0 Å². The van der Waals surface area contributed by atoms with E-state index in [0.717, 1.165) is 31.2 Å². The van der Waals surface area contributed by atoms with Crippen LogP contribution in [0.2, 0.25) is 0 Å². The SMILES string of the molecule is CCCC1(CCC)CC(=C2Nc3ccccc3S(=O)(=O)N2)C(=O)c2cc(F)ccc21. The Morgan fingerprint density at radius 3 is 2.47 bits per heavy atom. The van der Waals surface area contributed by atoms with E-state index in [9.17, 15) is 17.6 Å². The van der Waals surface area contributed by atoms with Gasteiger partial charge in [0, 0.05) is 16.6 Å². The molecular weight excluding hydrogens is 403 g/mol. The fraction of sp³-hybridized carbons (Fsp3) is 0.348. The van der Waals surface area contributed by atoms with Gasteiger partial charge in [0.15, 0.2) is 5.78 Å². The quantitative estimate of drug-likeness (QED) is 0.682. The predicted molar refractivity (Wildman–Crippen MR) is 114 cm³/mol. The van der Waals surface area contributed by atoms with Crippen molar-refractivity contribution in [2.75, 3.05) is 5.32 Å². The summed E-state index contributed by atoms with van der Waals surface area (Å²) >= 11 is 0. The first-order chi connectivity index (χ1) is 14.3. The third-order valence-electron chi connectivity index (χ3n) is 6.02. The van der Waals surface area contributed by atoms with E-state index in [0.29, 0.717) is 23.2 Å². The lowest BCUT2D eigenvalue weighted by Gasteiger charge is -2.41. The number of nitrogens with one attached hydrogen (secondary N) is 2. The molecule has 2 N–H and O–H groups in total. The van der Waals surface area contributed by atoms with Gasteiger partial charge >= 0.3 is 0 Å². The monoisotopic (exact) mass is 428 g/mol. The Labute approximate surface area is 176 Å². The molecule has 0 atom stereocenters. The third kappa shape index (κ3) is 3.31. The number of rotatable bonds is 4. The molecule has 1 aliphatic heterocycles. The number of hydrogen-bond donors (Lipinski definition) is 2. The van der Waals surface area contributed by atoms with Gasteiger partial charge in [0.2, 0.25) is 0 Å². The molecule has 0 spiro atoms. The molecule has 0 amide bonds. The predicted octanol–water partition coefficient (Wildman–Crippen LogP) is 4.87. The summed E-state index contributed by atoms with van der Waals surface area (Å²) in [4.78, 5) is 13.5. The van der Waals surface area contributed by atoms with Crippen LogP contribution >= 0.6 is 0 Å². The van der Waals surface area contributed by atoms with Crippen LogP contribution in [-0.2, 0) is 15.4 Å². The van der Waals surface area contributed by atoms with Gasteiger partial charge in [-0.3, -0.25) is 9.52 Å². The fourth-order valence-electron chi connectivity index (χ4n) is 4.86. The van der Waals surface area contributed by atoms with Crippen LogP contribution in [0.3, 0.4) is 0 Å². The molecule has 5 nitrogen and oxygen atoms in total. The third-order valence-corrected chi connectivity index (χ3v) is 7.43. The van der Waals surface area contributed by atoms with Gasteiger partial charge in [-0.25, -0.2) is 12.8 Å². The van der Waals surface area contributed by atoms with Crippen molar-refractivity contribution >= 4 is 21.5 Å². The maximum Gasteiger partial charge on any atom is 0.265 e. The number of anilines is 1. The molecule has 0 saturated carbocycles. The van der Waals surface area contributed by atoms with E-state index in [2.05, 4.69) is 23.9 Å².